The number of carbonyl (C=O) groups is 2. The van der Waals surface area contributed by atoms with Gasteiger partial charge in [0.1, 0.15) is 6.04 Å². The molecule has 18 heavy (non-hydrogen) atoms. The summed E-state index contributed by atoms with van der Waals surface area (Å²) in [6.45, 7) is 3.10. The molecule has 1 fully saturated rings. The molecule has 4 N–H and O–H groups in total. The highest BCUT2D eigenvalue weighted by Crippen LogP contribution is 2.29. The maximum Gasteiger partial charge on any atom is 0.326 e. The zero-order valence-corrected chi connectivity index (χ0v) is 10.8. The quantitative estimate of drug-likeness (QED) is 0.627. The van der Waals surface area contributed by atoms with E-state index in [1.807, 2.05) is 6.92 Å². The van der Waals surface area contributed by atoms with Gasteiger partial charge in [-0.15, -0.1) is 0 Å². The van der Waals surface area contributed by atoms with Crippen LogP contribution in [0.5, 0.6) is 0 Å². The standard InChI is InChI=1S/C12H22N2O4/c1-2-3-9(10(15)16)14-11(17)12(8-13)4-6-18-7-5-12/h9H,2-8,13H2,1H3,(H,14,17)(H,15,16). The van der Waals surface area contributed by atoms with Crippen molar-refractivity contribution in [3.63, 3.8) is 0 Å². The van der Waals surface area contributed by atoms with Crippen LogP contribution in [0.2, 0.25) is 0 Å². The van der Waals surface area contributed by atoms with Crippen molar-refractivity contribution in [3.05, 3.63) is 0 Å². The third-order valence-electron chi connectivity index (χ3n) is 3.50. The van der Waals surface area contributed by atoms with Crippen LogP contribution in [0.3, 0.4) is 0 Å². The maximum atomic E-state index is 12.2. The van der Waals surface area contributed by atoms with Crippen LogP contribution in [0, 0.1) is 5.41 Å². The van der Waals surface area contributed by atoms with E-state index in [4.69, 9.17) is 15.6 Å². The molecule has 6 nitrogen and oxygen atoms in total. The Kier molecular flexibility index (Phi) is 5.55. The predicted molar refractivity (Wildman–Crippen MR) is 66.0 cm³/mol. The molecule has 6 heteroatoms. The number of rotatable bonds is 6. The first-order valence-electron chi connectivity index (χ1n) is 6.37. The van der Waals surface area contributed by atoms with E-state index in [0.29, 0.717) is 38.9 Å². The van der Waals surface area contributed by atoms with Gasteiger partial charge in [-0.05, 0) is 19.3 Å². The highest BCUT2D eigenvalue weighted by Gasteiger charge is 2.40. The second-order valence-electron chi connectivity index (χ2n) is 4.75. The molecule has 1 rings (SSSR count). The topological polar surface area (TPSA) is 102 Å². The minimum Gasteiger partial charge on any atom is -0.480 e. The lowest BCUT2D eigenvalue weighted by atomic mass is 9.79. The summed E-state index contributed by atoms with van der Waals surface area (Å²) in [5, 5.41) is 11.6. The van der Waals surface area contributed by atoms with Crippen LogP contribution in [0.4, 0.5) is 0 Å². The first-order valence-corrected chi connectivity index (χ1v) is 6.37. The van der Waals surface area contributed by atoms with E-state index in [9.17, 15) is 9.59 Å². The number of nitrogens with one attached hydrogen (secondary N) is 1. The Hall–Kier alpha value is -1.14. The van der Waals surface area contributed by atoms with Gasteiger partial charge in [0.2, 0.25) is 5.91 Å². The lowest BCUT2D eigenvalue weighted by Gasteiger charge is -2.35. The SMILES string of the molecule is CCCC(NC(=O)C1(CN)CCOCC1)C(=O)O. The Morgan fingerprint density at radius 1 is 1.44 bits per heavy atom. The van der Waals surface area contributed by atoms with Crippen molar-refractivity contribution < 1.29 is 19.4 Å². The van der Waals surface area contributed by atoms with Crippen molar-refractivity contribution in [2.75, 3.05) is 19.8 Å². The van der Waals surface area contributed by atoms with E-state index in [0.717, 1.165) is 0 Å². The summed E-state index contributed by atoms with van der Waals surface area (Å²) < 4.78 is 5.22. The highest BCUT2D eigenvalue weighted by atomic mass is 16.5. The molecule has 0 spiro atoms. The number of carboxylic acid groups (broad SMARTS) is 1. The second-order valence-corrected chi connectivity index (χ2v) is 4.75. The third-order valence-corrected chi connectivity index (χ3v) is 3.50. The van der Waals surface area contributed by atoms with Gasteiger partial charge < -0.3 is 20.9 Å². The summed E-state index contributed by atoms with van der Waals surface area (Å²) >= 11 is 0. The third kappa shape index (κ3) is 3.43. The van der Waals surface area contributed by atoms with Gasteiger partial charge in [-0.1, -0.05) is 13.3 Å². The average molecular weight is 258 g/mol. The van der Waals surface area contributed by atoms with Crippen LogP contribution in [-0.2, 0) is 14.3 Å². The van der Waals surface area contributed by atoms with Gasteiger partial charge in [0.05, 0.1) is 5.41 Å². The van der Waals surface area contributed by atoms with Crippen LogP contribution in [0.25, 0.3) is 0 Å². The summed E-state index contributed by atoms with van der Waals surface area (Å²) in [7, 11) is 0. The van der Waals surface area contributed by atoms with Gasteiger partial charge in [0, 0.05) is 19.8 Å². The molecule has 1 amide bonds. The largest absolute Gasteiger partial charge is 0.480 e. The molecule has 0 aliphatic carbocycles. The Labute approximate surface area is 107 Å². The molecule has 1 aliphatic rings. The molecule has 0 bridgehead atoms. The predicted octanol–water partition coefficient (Wildman–Crippen LogP) is 0.111. The van der Waals surface area contributed by atoms with E-state index in [1.165, 1.54) is 0 Å². The number of carboxylic acids is 1. The van der Waals surface area contributed by atoms with Gasteiger partial charge in [0.25, 0.3) is 0 Å². The van der Waals surface area contributed by atoms with Crippen molar-refractivity contribution >= 4 is 11.9 Å². The van der Waals surface area contributed by atoms with E-state index in [2.05, 4.69) is 5.32 Å². The lowest BCUT2D eigenvalue weighted by Crippen LogP contribution is -2.53. The van der Waals surface area contributed by atoms with Gasteiger partial charge in [0.15, 0.2) is 0 Å². The maximum absolute atomic E-state index is 12.2. The molecule has 1 atom stereocenters. The number of ether oxygens (including phenoxy) is 1. The summed E-state index contributed by atoms with van der Waals surface area (Å²) in [6, 6.07) is -0.825. The van der Waals surface area contributed by atoms with Crippen LogP contribution in [-0.4, -0.2) is 42.8 Å². The molecular weight excluding hydrogens is 236 g/mol. The normalized spacial score (nSPS) is 20.1. The van der Waals surface area contributed by atoms with E-state index in [-0.39, 0.29) is 12.5 Å². The fourth-order valence-corrected chi connectivity index (χ4v) is 2.14. The van der Waals surface area contributed by atoms with E-state index in [1.54, 1.807) is 0 Å². The monoisotopic (exact) mass is 258 g/mol. The Morgan fingerprint density at radius 2 is 2.06 bits per heavy atom. The van der Waals surface area contributed by atoms with Gasteiger partial charge >= 0.3 is 5.97 Å². The molecule has 0 aromatic heterocycles. The zero-order valence-electron chi connectivity index (χ0n) is 10.8. The fourth-order valence-electron chi connectivity index (χ4n) is 2.14. The Balaban J connectivity index is 2.68. The number of nitrogens with two attached hydrogens (primary N) is 1. The van der Waals surface area contributed by atoms with Crippen LogP contribution < -0.4 is 11.1 Å². The molecule has 1 heterocycles. The van der Waals surface area contributed by atoms with Crippen molar-refractivity contribution in [3.8, 4) is 0 Å². The molecule has 1 unspecified atom stereocenters. The van der Waals surface area contributed by atoms with Crippen molar-refractivity contribution in [1.29, 1.82) is 0 Å². The summed E-state index contributed by atoms with van der Waals surface area (Å²) in [4.78, 5) is 23.3. The second kappa shape index (κ2) is 6.70. The number of hydrogen-bond acceptors (Lipinski definition) is 4. The molecular formula is C12H22N2O4. The molecule has 104 valence electrons. The zero-order chi connectivity index (χ0) is 13.6. The van der Waals surface area contributed by atoms with Crippen LogP contribution in [0.1, 0.15) is 32.6 Å². The number of carbonyl (C=O) groups excluding carboxylic acids is 1. The van der Waals surface area contributed by atoms with Gasteiger partial charge in [-0.25, -0.2) is 4.79 Å². The van der Waals surface area contributed by atoms with Crippen molar-refractivity contribution in [2.45, 2.75) is 38.6 Å². The summed E-state index contributed by atoms with van der Waals surface area (Å²) in [5.41, 5.74) is 5.03. The number of hydrogen-bond donors (Lipinski definition) is 3. The minimum atomic E-state index is -0.996. The molecule has 0 aromatic rings. The average Bonchev–Trinajstić information content (AvgIpc) is 2.38. The van der Waals surface area contributed by atoms with Gasteiger partial charge in [-0.2, -0.15) is 0 Å². The summed E-state index contributed by atoms with van der Waals surface area (Å²) in [5.74, 6) is -1.25. The van der Waals surface area contributed by atoms with Gasteiger partial charge in [-0.3, -0.25) is 4.79 Å². The smallest absolute Gasteiger partial charge is 0.326 e. The molecule has 0 radical (unpaired) electrons. The van der Waals surface area contributed by atoms with E-state index < -0.39 is 17.4 Å². The number of aliphatic carboxylic acids is 1. The first-order chi connectivity index (χ1) is 8.55. The van der Waals surface area contributed by atoms with E-state index >= 15 is 0 Å². The first kappa shape index (κ1) is 14.9. The fraction of sp³-hybridized carbons (Fsp3) is 0.833. The highest BCUT2D eigenvalue weighted by molar-refractivity contribution is 5.87. The van der Waals surface area contributed by atoms with Crippen molar-refractivity contribution in [1.82, 2.24) is 5.32 Å². The molecule has 0 aromatic carbocycles. The molecule has 1 aliphatic heterocycles. The Bertz CT molecular complexity index is 300. The number of amides is 1. The molecule has 1 saturated heterocycles. The van der Waals surface area contributed by atoms with Crippen molar-refractivity contribution in [2.24, 2.45) is 11.1 Å². The summed E-state index contributed by atoms with van der Waals surface area (Å²) in [6.07, 6.45) is 2.23. The van der Waals surface area contributed by atoms with Crippen LogP contribution in [0.15, 0.2) is 0 Å². The Morgan fingerprint density at radius 3 is 2.50 bits per heavy atom. The minimum absolute atomic E-state index is 0.223. The lowest BCUT2D eigenvalue weighted by molar-refractivity contribution is -0.145. The van der Waals surface area contributed by atoms with Crippen LogP contribution >= 0.6 is 0 Å². The molecule has 0 saturated carbocycles.